The standard InChI is InChI=1S/C22H23N3S3/c1-3-5-11-26-15-28-21-19(14-23)18(17-8-6-16(4-2)7-9-17)13-20(25-21)22-24-10-12-27-22/h6-10,12-13H,3-5,11,15H2,1-2H3. The average molecular weight is 426 g/mol. The van der Waals surface area contributed by atoms with Crippen molar-refractivity contribution in [2.24, 2.45) is 0 Å². The van der Waals surface area contributed by atoms with E-state index in [9.17, 15) is 5.26 Å². The van der Waals surface area contributed by atoms with Gasteiger partial charge in [0.2, 0.25) is 0 Å². The van der Waals surface area contributed by atoms with Gasteiger partial charge in [-0.15, -0.1) is 11.3 Å². The number of nitrogens with zero attached hydrogens (tertiary/aromatic N) is 3. The minimum atomic E-state index is 0.658. The quantitative estimate of drug-likeness (QED) is 0.212. The van der Waals surface area contributed by atoms with E-state index < -0.39 is 0 Å². The van der Waals surface area contributed by atoms with Crippen molar-refractivity contribution in [3.63, 3.8) is 0 Å². The molecule has 0 saturated carbocycles. The minimum Gasteiger partial charge on any atom is -0.243 e. The maximum Gasteiger partial charge on any atom is 0.141 e. The second-order valence-electron chi connectivity index (χ2n) is 6.26. The maximum atomic E-state index is 9.90. The van der Waals surface area contributed by atoms with Crippen LogP contribution in [-0.2, 0) is 6.42 Å². The Labute approximate surface area is 179 Å². The van der Waals surface area contributed by atoms with E-state index in [0.29, 0.717) is 5.56 Å². The molecule has 0 amide bonds. The summed E-state index contributed by atoms with van der Waals surface area (Å²) in [5.41, 5.74) is 4.77. The van der Waals surface area contributed by atoms with Crippen LogP contribution >= 0.6 is 34.9 Å². The molecule has 2 aromatic heterocycles. The van der Waals surface area contributed by atoms with Crippen LogP contribution in [0.3, 0.4) is 0 Å². The van der Waals surface area contributed by atoms with E-state index in [1.165, 1.54) is 18.4 Å². The number of rotatable bonds is 9. The molecule has 0 saturated heterocycles. The highest BCUT2D eigenvalue weighted by Gasteiger charge is 2.17. The van der Waals surface area contributed by atoms with Crippen LogP contribution in [0.5, 0.6) is 0 Å². The van der Waals surface area contributed by atoms with Gasteiger partial charge in [0.15, 0.2) is 0 Å². The van der Waals surface area contributed by atoms with Crippen molar-refractivity contribution >= 4 is 34.9 Å². The molecule has 0 fully saturated rings. The summed E-state index contributed by atoms with van der Waals surface area (Å²) in [7, 11) is 0. The van der Waals surface area contributed by atoms with Crippen molar-refractivity contribution < 1.29 is 0 Å². The molecule has 3 nitrogen and oxygen atoms in total. The van der Waals surface area contributed by atoms with Gasteiger partial charge >= 0.3 is 0 Å². The molecule has 0 aliphatic heterocycles. The first kappa shape index (κ1) is 20.9. The van der Waals surface area contributed by atoms with E-state index in [1.807, 2.05) is 23.2 Å². The van der Waals surface area contributed by atoms with Gasteiger partial charge in [-0.25, -0.2) is 9.97 Å². The first-order valence-electron chi connectivity index (χ1n) is 9.41. The van der Waals surface area contributed by atoms with Gasteiger partial charge < -0.3 is 0 Å². The fourth-order valence-electron chi connectivity index (χ4n) is 2.74. The second kappa shape index (κ2) is 10.7. The predicted molar refractivity (Wildman–Crippen MR) is 123 cm³/mol. The Morgan fingerprint density at radius 2 is 2.00 bits per heavy atom. The number of benzene rings is 1. The van der Waals surface area contributed by atoms with Crippen LogP contribution in [0.25, 0.3) is 21.8 Å². The molecule has 3 rings (SSSR count). The first-order valence-corrected chi connectivity index (χ1v) is 12.4. The summed E-state index contributed by atoms with van der Waals surface area (Å²) in [5, 5.41) is 14.4. The Morgan fingerprint density at radius 1 is 1.18 bits per heavy atom. The maximum absolute atomic E-state index is 9.90. The van der Waals surface area contributed by atoms with Crippen molar-refractivity contribution in [3.8, 4) is 27.9 Å². The zero-order valence-corrected chi connectivity index (χ0v) is 18.6. The number of hydrogen-bond acceptors (Lipinski definition) is 6. The zero-order chi connectivity index (χ0) is 19.8. The monoisotopic (exact) mass is 425 g/mol. The highest BCUT2D eigenvalue weighted by atomic mass is 32.2. The molecule has 0 spiro atoms. The molecule has 0 aliphatic rings. The van der Waals surface area contributed by atoms with E-state index in [1.54, 1.807) is 29.3 Å². The van der Waals surface area contributed by atoms with Gasteiger partial charge in [-0.1, -0.05) is 56.3 Å². The van der Waals surface area contributed by atoms with Crippen LogP contribution in [0.4, 0.5) is 0 Å². The molecule has 0 bridgehead atoms. The Kier molecular flexibility index (Phi) is 7.96. The van der Waals surface area contributed by atoms with Crippen LogP contribution in [0, 0.1) is 11.3 Å². The number of unbranched alkanes of at least 4 members (excludes halogenated alkanes) is 1. The van der Waals surface area contributed by atoms with Gasteiger partial charge in [0.05, 0.1) is 5.56 Å². The lowest BCUT2D eigenvalue weighted by Gasteiger charge is -2.12. The van der Waals surface area contributed by atoms with Crippen LogP contribution in [-0.4, -0.2) is 20.8 Å². The Morgan fingerprint density at radius 3 is 2.64 bits per heavy atom. The number of nitriles is 1. The number of pyridine rings is 1. The topological polar surface area (TPSA) is 49.6 Å². The molecule has 28 heavy (non-hydrogen) atoms. The lowest BCUT2D eigenvalue weighted by molar-refractivity contribution is 0.897. The Hall–Kier alpha value is -1.81. The van der Waals surface area contributed by atoms with Crippen LogP contribution < -0.4 is 0 Å². The van der Waals surface area contributed by atoms with Crippen molar-refractivity contribution in [1.82, 2.24) is 9.97 Å². The molecule has 0 N–H and O–H groups in total. The van der Waals surface area contributed by atoms with Crippen LogP contribution in [0.15, 0.2) is 46.9 Å². The lowest BCUT2D eigenvalue weighted by Crippen LogP contribution is -1.96. The van der Waals surface area contributed by atoms with E-state index in [4.69, 9.17) is 4.98 Å². The van der Waals surface area contributed by atoms with E-state index in [-0.39, 0.29) is 0 Å². The normalized spacial score (nSPS) is 10.8. The summed E-state index contributed by atoms with van der Waals surface area (Å²) >= 11 is 5.13. The molecule has 144 valence electrons. The summed E-state index contributed by atoms with van der Waals surface area (Å²) in [5.74, 6) is 1.14. The average Bonchev–Trinajstić information content (AvgIpc) is 3.28. The van der Waals surface area contributed by atoms with Crippen molar-refractivity contribution in [3.05, 3.63) is 53.0 Å². The number of aromatic nitrogens is 2. The molecule has 0 unspecified atom stereocenters. The highest BCUT2D eigenvalue weighted by Crippen LogP contribution is 2.35. The van der Waals surface area contributed by atoms with E-state index in [0.717, 1.165) is 44.1 Å². The van der Waals surface area contributed by atoms with Gasteiger partial charge in [0.25, 0.3) is 0 Å². The second-order valence-corrected chi connectivity index (χ2v) is 9.59. The van der Waals surface area contributed by atoms with Gasteiger partial charge in [0.1, 0.15) is 21.8 Å². The zero-order valence-electron chi connectivity index (χ0n) is 16.1. The van der Waals surface area contributed by atoms with Crippen molar-refractivity contribution in [1.29, 1.82) is 5.26 Å². The molecule has 2 heterocycles. The smallest absolute Gasteiger partial charge is 0.141 e. The third kappa shape index (κ3) is 5.16. The number of thiazole rings is 1. The summed E-state index contributed by atoms with van der Waals surface area (Å²) < 4.78 is 0. The lowest BCUT2D eigenvalue weighted by atomic mass is 9.99. The summed E-state index contributed by atoms with van der Waals surface area (Å²) in [6, 6.07) is 12.9. The van der Waals surface area contributed by atoms with Crippen molar-refractivity contribution in [2.45, 2.75) is 38.1 Å². The fourth-order valence-corrected chi connectivity index (χ4v) is 5.55. The minimum absolute atomic E-state index is 0.658. The number of aryl methyl sites for hydroxylation is 1. The molecule has 0 radical (unpaired) electrons. The molecule has 0 aliphatic carbocycles. The molecular weight excluding hydrogens is 402 g/mol. The summed E-state index contributed by atoms with van der Waals surface area (Å²) in [4.78, 5) is 9.22. The predicted octanol–water partition coefficient (Wildman–Crippen LogP) is 6.89. The summed E-state index contributed by atoms with van der Waals surface area (Å²) in [6.45, 7) is 4.35. The van der Waals surface area contributed by atoms with Crippen LogP contribution in [0.1, 0.15) is 37.8 Å². The molecular formula is C22H23N3S3. The number of thioether (sulfide) groups is 2. The van der Waals surface area contributed by atoms with Gasteiger partial charge in [-0.05, 0) is 35.8 Å². The molecule has 1 aromatic carbocycles. The first-order chi connectivity index (χ1) is 13.8. The third-order valence-corrected chi connectivity index (χ3v) is 7.42. The van der Waals surface area contributed by atoms with Gasteiger partial charge in [0, 0.05) is 22.2 Å². The SMILES string of the molecule is CCCCSCSc1nc(-c2nccs2)cc(-c2ccc(CC)cc2)c1C#N. The Balaban J connectivity index is 1.99. The molecule has 6 heteroatoms. The highest BCUT2D eigenvalue weighted by molar-refractivity contribution is 8.15. The van der Waals surface area contributed by atoms with Crippen LogP contribution in [0.2, 0.25) is 0 Å². The molecule has 3 aromatic rings. The van der Waals surface area contributed by atoms with Gasteiger partial charge in [-0.2, -0.15) is 17.0 Å². The number of hydrogen-bond donors (Lipinski definition) is 0. The van der Waals surface area contributed by atoms with E-state index in [2.05, 4.69) is 49.2 Å². The third-order valence-electron chi connectivity index (χ3n) is 4.34. The van der Waals surface area contributed by atoms with E-state index >= 15 is 0 Å². The van der Waals surface area contributed by atoms with Gasteiger partial charge in [-0.3, -0.25) is 0 Å². The fraction of sp³-hybridized carbons (Fsp3) is 0.318. The summed E-state index contributed by atoms with van der Waals surface area (Å²) in [6.07, 6.45) is 5.22. The Bertz CT molecular complexity index is 929. The molecule has 0 atom stereocenters. The van der Waals surface area contributed by atoms with Crippen molar-refractivity contribution in [2.75, 3.05) is 10.8 Å². The largest absolute Gasteiger partial charge is 0.243 e.